The molecule has 0 radical (unpaired) electrons. The fourth-order valence-corrected chi connectivity index (χ4v) is 5.08. The lowest BCUT2D eigenvalue weighted by atomic mass is 9.68. The molecule has 0 aliphatic carbocycles. The maximum atomic E-state index is 14.5. The number of aromatic nitrogens is 2. The molecule has 0 bridgehead atoms. The van der Waals surface area contributed by atoms with Gasteiger partial charge >= 0.3 is 0 Å². The summed E-state index contributed by atoms with van der Waals surface area (Å²) in [6.07, 6.45) is 0. The predicted octanol–water partition coefficient (Wildman–Crippen LogP) is 4.13. The summed E-state index contributed by atoms with van der Waals surface area (Å²) >= 11 is 0. The van der Waals surface area contributed by atoms with E-state index in [-0.39, 0.29) is 29.8 Å². The Bertz CT molecular complexity index is 1570. The Balaban J connectivity index is 1.64. The number of nitrogens with two attached hydrogens (primary N) is 1. The maximum Gasteiger partial charge on any atom is 0.248 e. The number of H-pyrrole nitrogens is 1. The van der Waals surface area contributed by atoms with Gasteiger partial charge in [0.2, 0.25) is 17.7 Å². The van der Waals surface area contributed by atoms with Crippen LogP contribution >= 0.6 is 0 Å². The van der Waals surface area contributed by atoms with Crippen LogP contribution in [0.2, 0.25) is 0 Å². The number of aromatic amines is 1. The molecule has 3 heterocycles. The third-order valence-corrected chi connectivity index (χ3v) is 6.50. The average Bonchev–Trinajstić information content (AvgIpc) is 3.39. The van der Waals surface area contributed by atoms with Crippen molar-refractivity contribution in [2.24, 2.45) is 5.73 Å². The number of para-hydroxylation sites is 1. The van der Waals surface area contributed by atoms with E-state index in [9.17, 15) is 14.4 Å². The summed E-state index contributed by atoms with van der Waals surface area (Å²) in [7, 11) is 0. The Morgan fingerprint density at radius 1 is 1.09 bits per heavy atom. The van der Waals surface area contributed by atoms with Gasteiger partial charge in [0.1, 0.15) is 22.9 Å². The van der Waals surface area contributed by atoms with E-state index in [4.69, 9.17) is 10.5 Å². The normalized spacial score (nSPS) is 18.3. The van der Waals surface area contributed by atoms with Crippen molar-refractivity contribution in [1.82, 2.24) is 10.2 Å². The average molecular weight is 463 g/mol. The van der Waals surface area contributed by atoms with Crippen molar-refractivity contribution in [3.63, 3.8) is 0 Å². The second kappa shape index (κ2) is 7.57. The van der Waals surface area contributed by atoms with E-state index in [1.54, 1.807) is 23.1 Å². The number of fused-ring (bicyclic) bond motifs is 4. The molecule has 2 aliphatic rings. The van der Waals surface area contributed by atoms with Crippen LogP contribution in [0.25, 0.3) is 11.3 Å². The second-order valence-corrected chi connectivity index (χ2v) is 8.39. The molecule has 1 aromatic heterocycles. The standard InChI is InChI=1S/C27H18FN5O2/c28-18-10-6-7-16(13-18)15-33-21-12-5-4-11-19(21)27(26(33)34)20(14-29)24(30)35-25-22(27)23(31-32-25)17-8-2-1-3-9-17/h1-13H,15,30H2,(H,31,32)/t27-/m0/s1. The molecular formula is C27H18FN5O2. The number of rotatable bonds is 3. The summed E-state index contributed by atoms with van der Waals surface area (Å²) in [6, 6.07) is 24.9. The first-order valence-electron chi connectivity index (χ1n) is 10.9. The molecule has 170 valence electrons. The molecule has 6 rings (SSSR count). The summed E-state index contributed by atoms with van der Waals surface area (Å²) in [6.45, 7) is 0.114. The first-order chi connectivity index (χ1) is 17.1. The topological polar surface area (TPSA) is 108 Å². The zero-order valence-corrected chi connectivity index (χ0v) is 18.3. The molecule has 4 aromatic rings. The number of anilines is 1. The molecule has 0 unspecified atom stereocenters. The van der Waals surface area contributed by atoms with Crippen LogP contribution in [-0.2, 0) is 16.8 Å². The van der Waals surface area contributed by atoms with E-state index in [1.165, 1.54) is 12.1 Å². The van der Waals surface area contributed by atoms with Crippen molar-refractivity contribution in [2.45, 2.75) is 12.0 Å². The van der Waals surface area contributed by atoms with E-state index in [2.05, 4.69) is 16.3 Å². The SMILES string of the molecule is N#CC1=C(N)Oc2n[nH]c(-c3ccccc3)c2[C@@]12C(=O)N(Cc1cccc(F)c1)c1ccccc12. The third-order valence-electron chi connectivity index (χ3n) is 6.50. The predicted molar refractivity (Wildman–Crippen MR) is 126 cm³/mol. The molecule has 0 saturated heterocycles. The molecule has 1 spiro atoms. The van der Waals surface area contributed by atoms with Crippen molar-refractivity contribution < 1.29 is 13.9 Å². The van der Waals surface area contributed by atoms with Crippen molar-refractivity contribution in [1.29, 1.82) is 5.26 Å². The van der Waals surface area contributed by atoms with Crippen LogP contribution in [0.15, 0.2) is 90.3 Å². The molecule has 3 N–H and O–H groups in total. The highest BCUT2D eigenvalue weighted by molar-refractivity contribution is 6.15. The van der Waals surface area contributed by atoms with Crippen LogP contribution in [0.4, 0.5) is 10.1 Å². The molecule has 1 amide bonds. The van der Waals surface area contributed by atoms with Crippen LogP contribution in [-0.4, -0.2) is 16.1 Å². The highest BCUT2D eigenvalue weighted by Gasteiger charge is 2.61. The van der Waals surface area contributed by atoms with Crippen LogP contribution in [0.1, 0.15) is 16.7 Å². The van der Waals surface area contributed by atoms with Gasteiger partial charge in [-0.3, -0.25) is 9.89 Å². The first-order valence-corrected chi connectivity index (χ1v) is 10.9. The maximum absolute atomic E-state index is 14.5. The van der Waals surface area contributed by atoms with Crippen LogP contribution in [0.5, 0.6) is 5.88 Å². The van der Waals surface area contributed by atoms with E-state index in [0.29, 0.717) is 28.1 Å². The number of hydrogen-bond acceptors (Lipinski definition) is 5. The summed E-state index contributed by atoms with van der Waals surface area (Å²) in [4.78, 5) is 16.0. The Kier molecular flexibility index (Phi) is 4.47. The van der Waals surface area contributed by atoms with Gasteiger partial charge in [0, 0.05) is 16.8 Å². The molecule has 0 saturated carbocycles. The van der Waals surface area contributed by atoms with E-state index < -0.39 is 11.2 Å². The number of nitrogens with one attached hydrogen (secondary N) is 1. The number of nitriles is 1. The minimum absolute atomic E-state index is 0.0113. The van der Waals surface area contributed by atoms with Crippen LogP contribution in [0.3, 0.4) is 0 Å². The van der Waals surface area contributed by atoms with Gasteiger partial charge in [0.05, 0.1) is 17.8 Å². The van der Waals surface area contributed by atoms with Gasteiger partial charge in [-0.25, -0.2) is 4.39 Å². The van der Waals surface area contributed by atoms with Gasteiger partial charge in [-0.1, -0.05) is 60.7 Å². The summed E-state index contributed by atoms with van der Waals surface area (Å²) in [5.74, 6) is -0.822. The van der Waals surface area contributed by atoms with E-state index >= 15 is 0 Å². The van der Waals surface area contributed by atoms with Gasteiger partial charge < -0.3 is 15.4 Å². The fraction of sp³-hybridized carbons (Fsp3) is 0.0741. The number of carbonyl (C=O) groups excluding carboxylic acids is 1. The minimum atomic E-state index is -1.57. The number of nitrogens with zero attached hydrogens (tertiary/aromatic N) is 3. The van der Waals surface area contributed by atoms with E-state index in [1.807, 2.05) is 48.5 Å². The first kappa shape index (κ1) is 20.7. The van der Waals surface area contributed by atoms with Crippen molar-refractivity contribution in [3.8, 4) is 23.2 Å². The monoisotopic (exact) mass is 463 g/mol. The van der Waals surface area contributed by atoms with Crippen molar-refractivity contribution >= 4 is 11.6 Å². The van der Waals surface area contributed by atoms with Gasteiger partial charge in [-0.15, -0.1) is 5.10 Å². The van der Waals surface area contributed by atoms with Gasteiger partial charge in [0.15, 0.2) is 0 Å². The lowest BCUT2D eigenvalue weighted by Gasteiger charge is -2.32. The number of halogens is 1. The summed E-state index contributed by atoms with van der Waals surface area (Å²) < 4.78 is 19.7. The molecule has 35 heavy (non-hydrogen) atoms. The number of benzene rings is 3. The lowest BCUT2D eigenvalue weighted by molar-refractivity contribution is -0.121. The van der Waals surface area contributed by atoms with E-state index in [0.717, 1.165) is 5.56 Å². The van der Waals surface area contributed by atoms with Gasteiger partial charge in [-0.2, -0.15) is 5.26 Å². The summed E-state index contributed by atoms with van der Waals surface area (Å²) in [5, 5.41) is 17.5. The Morgan fingerprint density at radius 3 is 2.63 bits per heavy atom. The Hall–Kier alpha value is -4.90. The zero-order chi connectivity index (χ0) is 24.2. The van der Waals surface area contributed by atoms with Gasteiger partial charge in [-0.05, 0) is 23.8 Å². The molecule has 2 aliphatic heterocycles. The summed E-state index contributed by atoms with van der Waals surface area (Å²) in [5.41, 5.74) is 8.18. The molecule has 0 fully saturated rings. The second-order valence-electron chi connectivity index (χ2n) is 8.39. The van der Waals surface area contributed by atoms with Crippen LogP contribution < -0.4 is 15.4 Å². The molecule has 8 heteroatoms. The fourth-order valence-electron chi connectivity index (χ4n) is 5.08. The number of ether oxygens (including phenoxy) is 1. The highest BCUT2D eigenvalue weighted by Crippen LogP contribution is 2.57. The molecule has 3 aromatic carbocycles. The number of hydrogen-bond donors (Lipinski definition) is 2. The minimum Gasteiger partial charge on any atom is -0.420 e. The molecular weight excluding hydrogens is 445 g/mol. The Labute approximate surface area is 199 Å². The van der Waals surface area contributed by atoms with Crippen LogP contribution in [0, 0.1) is 17.1 Å². The number of carbonyl (C=O) groups is 1. The quantitative estimate of drug-likeness (QED) is 0.475. The number of amides is 1. The van der Waals surface area contributed by atoms with Crippen molar-refractivity contribution in [2.75, 3.05) is 4.90 Å². The smallest absolute Gasteiger partial charge is 0.248 e. The highest BCUT2D eigenvalue weighted by atomic mass is 19.1. The molecule has 7 nitrogen and oxygen atoms in total. The largest absolute Gasteiger partial charge is 0.420 e. The zero-order valence-electron chi connectivity index (χ0n) is 18.3. The molecule has 1 atom stereocenters. The third kappa shape index (κ3) is 2.82. The Morgan fingerprint density at radius 2 is 1.86 bits per heavy atom. The van der Waals surface area contributed by atoms with Gasteiger partial charge in [0.25, 0.3) is 0 Å². The lowest BCUT2D eigenvalue weighted by Crippen LogP contribution is -2.45. The van der Waals surface area contributed by atoms with Crippen molar-refractivity contribution in [3.05, 3.63) is 113 Å².